The number of nitrogens with one attached hydrogen (secondary N) is 2. The van der Waals surface area contributed by atoms with Crippen LogP contribution in [0.1, 0.15) is 13.8 Å². The van der Waals surface area contributed by atoms with Gasteiger partial charge in [0.15, 0.2) is 0 Å². The average molecular weight is 280 g/mol. The molecule has 6 heteroatoms. The number of anilines is 2. The van der Waals surface area contributed by atoms with E-state index in [1.165, 1.54) is 11.8 Å². The van der Waals surface area contributed by atoms with Crippen molar-refractivity contribution in [1.82, 2.24) is 0 Å². The molecule has 0 bridgehead atoms. The summed E-state index contributed by atoms with van der Waals surface area (Å²) in [5, 5.41) is 5.52. The summed E-state index contributed by atoms with van der Waals surface area (Å²) in [4.78, 5) is 23.9. The standard InChI is InChI=1S/C13H16N2O3S/c1-8(2)18-6-12(16)14-9-3-4-11-10(5-9)15-13(17)7-19-11/h3-5,8H,6-7H2,1-2H3,(H,14,16)(H,15,17). The van der Waals surface area contributed by atoms with E-state index in [2.05, 4.69) is 10.6 Å². The average Bonchev–Trinajstić information content (AvgIpc) is 2.36. The first-order chi connectivity index (χ1) is 9.04. The van der Waals surface area contributed by atoms with Crippen molar-refractivity contribution in [3.05, 3.63) is 18.2 Å². The summed E-state index contributed by atoms with van der Waals surface area (Å²) >= 11 is 1.49. The van der Waals surface area contributed by atoms with Gasteiger partial charge in [0.25, 0.3) is 0 Å². The fraction of sp³-hybridized carbons (Fsp3) is 0.385. The molecule has 2 rings (SSSR count). The van der Waals surface area contributed by atoms with Gasteiger partial charge in [-0.15, -0.1) is 11.8 Å². The van der Waals surface area contributed by atoms with E-state index in [0.717, 1.165) is 10.6 Å². The second-order valence-electron chi connectivity index (χ2n) is 4.46. The Labute approximate surface area is 116 Å². The number of thioether (sulfide) groups is 1. The summed E-state index contributed by atoms with van der Waals surface area (Å²) in [6.45, 7) is 3.77. The second kappa shape index (κ2) is 6.08. The van der Waals surface area contributed by atoms with Crippen LogP contribution in [0.2, 0.25) is 0 Å². The lowest BCUT2D eigenvalue weighted by atomic mass is 10.2. The van der Waals surface area contributed by atoms with Gasteiger partial charge in [-0.25, -0.2) is 0 Å². The van der Waals surface area contributed by atoms with Crippen LogP contribution in [0.25, 0.3) is 0 Å². The molecule has 2 amide bonds. The first kappa shape index (κ1) is 13.9. The number of carbonyl (C=O) groups excluding carboxylic acids is 2. The quantitative estimate of drug-likeness (QED) is 0.886. The number of rotatable bonds is 4. The fourth-order valence-corrected chi connectivity index (χ4v) is 2.39. The molecular weight excluding hydrogens is 264 g/mol. The van der Waals surface area contributed by atoms with E-state index in [4.69, 9.17) is 4.74 Å². The Hall–Kier alpha value is -1.53. The van der Waals surface area contributed by atoms with Crippen molar-refractivity contribution in [3.8, 4) is 0 Å². The molecule has 1 aromatic rings. The van der Waals surface area contributed by atoms with Gasteiger partial charge in [-0.2, -0.15) is 0 Å². The number of hydrogen-bond donors (Lipinski definition) is 2. The number of amides is 2. The van der Waals surface area contributed by atoms with Gasteiger partial charge >= 0.3 is 0 Å². The molecule has 1 aromatic carbocycles. The Balaban J connectivity index is 2.00. The van der Waals surface area contributed by atoms with Gasteiger partial charge in [0.05, 0.1) is 17.5 Å². The highest BCUT2D eigenvalue weighted by Gasteiger charge is 2.15. The lowest BCUT2D eigenvalue weighted by Gasteiger charge is -2.17. The predicted molar refractivity (Wildman–Crippen MR) is 75.5 cm³/mol. The van der Waals surface area contributed by atoms with Crippen LogP contribution in [0.15, 0.2) is 23.1 Å². The number of hydrogen-bond acceptors (Lipinski definition) is 4. The van der Waals surface area contributed by atoms with Crippen LogP contribution in [0.5, 0.6) is 0 Å². The maximum absolute atomic E-state index is 11.6. The van der Waals surface area contributed by atoms with Gasteiger partial charge in [-0.1, -0.05) is 0 Å². The van der Waals surface area contributed by atoms with Gasteiger partial charge in [0.1, 0.15) is 6.61 Å². The van der Waals surface area contributed by atoms with E-state index in [1.807, 2.05) is 26.0 Å². The van der Waals surface area contributed by atoms with Crippen LogP contribution in [-0.2, 0) is 14.3 Å². The van der Waals surface area contributed by atoms with Crippen LogP contribution in [-0.4, -0.2) is 30.3 Å². The summed E-state index contributed by atoms with van der Waals surface area (Å²) in [6.07, 6.45) is 0.0185. The third kappa shape index (κ3) is 3.97. The zero-order valence-electron chi connectivity index (χ0n) is 10.9. The molecule has 0 aliphatic carbocycles. The summed E-state index contributed by atoms with van der Waals surface area (Å²) in [5.74, 6) is 0.202. The molecule has 1 heterocycles. The molecular formula is C13H16N2O3S. The van der Waals surface area contributed by atoms with E-state index < -0.39 is 0 Å². The van der Waals surface area contributed by atoms with Gasteiger partial charge in [-0.3, -0.25) is 9.59 Å². The van der Waals surface area contributed by atoms with E-state index in [0.29, 0.717) is 11.4 Å². The van der Waals surface area contributed by atoms with Crippen molar-refractivity contribution in [3.63, 3.8) is 0 Å². The summed E-state index contributed by atoms with van der Waals surface area (Å²) < 4.78 is 5.22. The number of fused-ring (bicyclic) bond motifs is 1. The third-order valence-electron chi connectivity index (χ3n) is 2.44. The monoisotopic (exact) mass is 280 g/mol. The van der Waals surface area contributed by atoms with Crippen LogP contribution in [0.3, 0.4) is 0 Å². The number of ether oxygens (including phenoxy) is 1. The normalized spacial score (nSPS) is 13.9. The summed E-state index contributed by atoms with van der Waals surface area (Å²) in [5.41, 5.74) is 1.39. The molecule has 1 aliphatic rings. The number of carbonyl (C=O) groups is 2. The molecule has 0 radical (unpaired) electrons. The Kier molecular flexibility index (Phi) is 4.44. The van der Waals surface area contributed by atoms with E-state index >= 15 is 0 Å². The van der Waals surface area contributed by atoms with Crippen molar-refractivity contribution < 1.29 is 14.3 Å². The minimum absolute atomic E-state index is 0.0185. The van der Waals surface area contributed by atoms with E-state index in [9.17, 15) is 9.59 Å². The largest absolute Gasteiger partial charge is 0.369 e. The summed E-state index contributed by atoms with van der Waals surface area (Å²) in [6, 6.07) is 5.46. The van der Waals surface area contributed by atoms with Crippen molar-refractivity contribution in [1.29, 1.82) is 0 Å². The molecule has 0 unspecified atom stereocenters. The molecule has 0 saturated carbocycles. The highest BCUT2D eigenvalue weighted by atomic mass is 32.2. The molecule has 1 aliphatic heterocycles. The maximum Gasteiger partial charge on any atom is 0.250 e. The Morgan fingerprint density at radius 3 is 3.05 bits per heavy atom. The predicted octanol–water partition coefficient (Wildman–Crippen LogP) is 2.09. The van der Waals surface area contributed by atoms with Crippen LogP contribution in [0, 0.1) is 0 Å². The van der Waals surface area contributed by atoms with Crippen molar-refractivity contribution in [2.75, 3.05) is 23.0 Å². The van der Waals surface area contributed by atoms with E-state index in [1.54, 1.807) is 6.07 Å². The van der Waals surface area contributed by atoms with Gasteiger partial charge < -0.3 is 15.4 Å². The molecule has 2 N–H and O–H groups in total. The Bertz CT molecular complexity index is 503. The van der Waals surface area contributed by atoms with Gasteiger partial charge in [0.2, 0.25) is 11.8 Å². The molecule has 0 spiro atoms. The molecule has 5 nitrogen and oxygen atoms in total. The summed E-state index contributed by atoms with van der Waals surface area (Å²) in [7, 11) is 0. The third-order valence-corrected chi connectivity index (χ3v) is 3.52. The lowest BCUT2D eigenvalue weighted by Crippen LogP contribution is -2.21. The Morgan fingerprint density at radius 1 is 1.53 bits per heavy atom. The second-order valence-corrected chi connectivity index (χ2v) is 5.47. The van der Waals surface area contributed by atoms with Gasteiger partial charge in [-0.05, 0) is 32.0 Å². The van der Waals surface area contributed by atoms with Crippen LogP contribution >= 0.6 is 11.8 Å². The van der Waals surface area contributed by atoms with Crippen molar-refractivity contribution >= 4 is 35.0 Å². The van der Waals surface area contributed by atoms with Crippen molar-refractivity contribution in [2.45, 2.75) is 24.8 Å². The van der Waals surface area contributed by atoms with E-state index in [-0.39, 0.29) is 24.5 Å². The molecule has 19 heavy (non-hydrogen) atoms. The molecule has 0 fully saturated rings. The molecule has 0 saturated heterocycles. The molecule has 0 aromatic heterocycles. The first-order valence-electron chi connectivity index (χ1n) is 6.03. The number of benzene rings is 1. The minimum Gasteiger partial charge on any atom is -0.369 e. The molecule has 0 atom stereocenters. The van der Waals surface area contributed by atoms with Crippen molar-refractivity contribution in [2.24, 2.45) is 0 Å². The SMILES string of the molecule is CC(C)OCC(=O)Nc1ccc2c(c1)NC(=O)CS2. The topological polar surface area (TPSA) is 67.4 Å². The smallest absolute Gasteiger partial charge is 0.250 e. The fourth-order valence-electron chi connectivity index (χ4n) is 1.60. The zero-order chi connectivity index (χ0) is 13.8. The highest BCUT2D eigenvalue weighted by Crippen LogP contribution is 2.33. The Morgan fingerprint density at radius 2 is 2.32 bits per heavy atom. The zero-order valence-corrected chi connectivity index (χ0v) is 11.7. The maximum atomic E-state index is 11.6. The first-order valence-corrected chi connectivity index (χ1v) is 7.01. The minimum atomic E-state index is -0.205. The lowest BCUT2D eigenvalue weighted by molar-refractivity contribution is -0.122. The van der Waals surface area contributed by atoms with Crippen LogP contribution in [0.4, 0.5) is 11.4 Å². The van der Waals surface area contributed by atoms with Crippen LogP contribution < -0.4 is 10.6 Å². The molecule has 102 valence electrons. The highest BCUT2D eigenvalue weighted by molar-refractivity contribution is 8.00. The van der Waals surface area contributed by atoms with Gasteiger partial charge in [0, 0.05) is 10.6 Å².